The zero-order chi connectivity index (χ0) is 49.7. The summed E-state index contributed by atoms with van der Waals surface area (Å²) in [4.78, 5) is 0. The van der Waals surface area contributed by atoms with Gasteiger partial charge in [-0.25, -0.2) is 0 Å². The summed E-state index contributed by atoms with van der Waals surface area (Å²) in [7, 11) is 0. The van der Waals surface area contributed by atoms with Crippen molar-refractivity contribution in [2.45, 2.75) is 377 Å². The van der Waals surface area contributed by atoms with Gasteiger partial charge in [0.05, 0.1) is 0 Å². The van der Waals surface area contributed by atoms with Crippen molar-refractivity contribution in [1.82, 2.24) is 0 Å². The first-order valence-electron chi connectivity index (χ1n) is 33.3. The van der Waals surface area contributed by atoms with Gasteiger partial charge in [0.15, 0.2) is 0 Å². The van der Waals surface area contributed by atoms with E-state index in [1.165, 1.54) is 308 Å². The molecule has 0 aromatic heterocycles. The molecule has 7 aliphatic rings. The van der Waals surface area contributed by atoms with Crippen molar-refractivity contribution in [2.75, 3.05) is 0 Å². The summed E-state index contributed by atoms with van der Waals surface area (Å²) < 4.78 is 0. The Morgan fingerprint density at radius 1 is 0.244 bits per heavy atom. The van der Waals surface area contributed by atoms with Crippen LogP contribution in [0.1, 0.15) is 377 Å². The fourth-order valence-corrected chi connectivity index (χ4v) is 14.3. The van der Waals surface area contributed by atoms with Crippen molar-refractivity contribution in [3.8, 4) is 0 Å². The van der Waals surface area contributed by atoms with Gasteiger partial charge < -0.3 is 52.0 Å². The summed E-state index contributed by atoms with van der Waals surface area (Å²) in [5.74, 6) is 10.7. The van der Waals surface area contributed by atoms with Gasteiger partial charge in [0.2, 0.25) is 0 Å². The first-order valence-corrected chi connectivity index (χ1v) is 33.3. The number of unbranched alkanes of at least 4 members (excludes halogenated alkanes) is 6. The van der Waals surface area contributed by atoms with E-state index in [0.717, 1.165) is 59.2 Å². The van der Waals surface area contributed by atoms with Crippen LogP contribution in [0.15, 0.2) is 0 Å². The molecule has 3 unspecified atom stereocenters. The minimum Gasteiger partial charge on any atom is -0.358 e. The Morgan fingerprint density at radius 3 is 0.659 bits per heavy atom. The van der Waals surface area contributed by atoms with Crippen LogP contribution in [0.2, 0.25) is 0 Å². The van der Waals surface area contributed by atoms with Crippen molar-refractivity contribution in [1.29, 1.82) is 0 Å². The average molecular weight is 1280 g/mol. The normalized spacial score (nSPS) is 18.1. The molecule has 0 aromatic rings. The molecule has 7 aliphatic carbocycles. The summed E-state index contributed by atoms with van der Waals surface area (Å²) in [6.07, 6.45) is 71.3. The third kappa shape index (κ3) is 74.0. The van der Waals surface area contributed by atoms with Crippen molar-refractivity contribution in [3.05, 3.63) is 52.0 Å². The molecule has 0 saturated heterocycles. The van der Waals surface area contributed by atoms with Crippen molar-refractivity contribution in [2.24, 2.45) is 59.2 Å². The molecule has 0 nitrogen and oxygen atoms in total. The van der Waals surface area contributed by atoms with Gasteiger partial charge in [0, 0.05) is 0 Å². The molecule has 7 heteroatoms. The van der Waals surface area contributed by atoms with Crippen molar-refractivity contribution >= 4 is 0 Å². The van der Waals surface area contributed by atoms with Crippen LogP contribution in [-0.4, -0.2) is 0 Å². The van der Waals surface area contributed by atoms with Crippen LogP contribution in [0, 0.1) is 111 Å². The van der Waals surface area contributed by atoms with Crippen LogP contribution in [-0.2, 0) is 0 Å². The Kier molecular flexibility index (Phi) is 145. The molecule has 0 aliphatic heterocycles. The Balaban J connectivity index is -0.0000000534. The van der Waals surface area contributed by atoms with E-state index < -0.39 is 0 Å². The summed E-state index contributed by atoms with van der Waals surface area (Å²) in [5, 5.41) is 0. The molecule has 0 amide bonds. The minimum atomic E-state index is 0. The second kappa shape index (κ2) is 95.0. The smallest absolute Gasteiger partial charge is 0.358 e. The number of hydrogen-bond acceptors (Lipinski definition) is 0. The Labute approximate surface area is 777 Å². The fourth-order valence-electron chi connectivity index (χ4n) is 14.3. The van der Waals surface area contributed by atoms with Gasteiger partial charge in [-0.05, 0) is 59.2 Å². The quantitative estimate of drug-likeness (QED) is 0.0575. The zero-order valence-electron chi connectivity index (χ0n) is 63.7. The van der Waals surface area contributed by atoms with Gasteiger partial charge >= 0.3 is 305 Å². The Bertz CT molecular complexity index is 924. The third-order valence-corrected chi connectivity index (χ3v) is 19.1. The second-order valence-corrected chi connectivity index (χ2v) is 25.3. The summed E-state index contributed by atoms with van der Waals surface area (Å²) >= 11 is 0. The molecule has 7 fully saturated rings. The van der Waals surface area contributed by atoms with Crippen molar-refractivity contribution in [3.63, 3.8) is 0 Å². The molecule has 0 radical (unpaired) electrons. The van der Waals surface area contributed by atoms with E-state index in [9.17, 15) is 0 Å². The molecule has 3 atom stereocenters. The zero-order valence-corrected chi connectivity index (χ0v) is 81.3. The molecule has 0 heterocycles. The average Bonchev–Trinajstić information content (AvgIpc) is 4.21. The molecular weight excluding hydrogens is 1130 g/mol. The topological polar surface area (TPSA) is 0 Å². The third-order valence-electron chi connectivity index (χ3n) is 19.1. The van der Waals surface area contributed by atoms with E-state index in [4.69, 9.17) is 0 Å². The van der Waals surface area contributed by atoms with Crippen molar-refractivity contribution < 1.29 is 305 Å². The molecule has 0 aromatic carbocycles. The molecular formula is C75H157K5LiNa. The van der Waals surface area contributed by atoms with Gasteiger partial charge in [0.25, 0.3) is 0 Å². The van der Waals surface area contributed by atoms with Crippen LogP contribution < -0.4 is 305 Å². The molecule has 0 bridgehead atoms. The SMILES string of the molecule is CCCC(C)C1CCCC1.CCCC(C)C1CCCC1.CCCC(C)C1CCCC1.CCCC1CCCC1.CCCCC1CCCC1.CCCCCC1CCCC1.CCCCCCC1CCCC1.[CH3-].[CH3-].[CH3-].[CH3-].[CH3-].[CH3-].[CH3-].[K+].[K+].[K+].[K+].[K+].[Li+].[Na+]. The summed E-state index contributed by atoms with van der Waals surface area (Å²) in [6.45, 7) is 23.3. The van der Waals surface area contributed by atoms with Crippen LogP contribution in [0.3, 0.4) is 0 Å². The van der Waals surface area contributed by atoms with Crippen LogP contribution in [0.4, 0.5) is 0 Å². The Morgan fingerprint density at radius 2 is 0.439 bits per heavy atom. The molecule has 7 saturated carbocycles. The fraction of sp³-hybridized carbons (Fsp3) is 0.907. The van der Waals surface area contributed by atoms with Gasteiger partial charge in [-0.3, -0.25) is 0 Å². The maximum absolute atomic E-state index is 2.43. The maximum Gasteiger partial charge on any atom is 1.00 e. The molecule has 0 N–H and O–H groups in total. The molecule has 82 heavy (non-hydrogen) atoms. The van der Waals surface area contributed by atoms with Gasteiger partial charge in [-0.15, -0.1) is 0 Å². The minimum absolute atomic E-state index is 0. The van der Waals surface area contributed by atoms with E-state index in [-0.39, 0.29) is 357 Å². The molecule has 0 spiro atoms. The number of rotatable bonds is 23. The molecule has 464 valence electrons. The predicted octanol–water partition coefficient (Wildman–Crippen LogP) is 7.27. The van der Waals surface area contributed by atoms with Crippen LogP contribution in [0.25, 0.3) is 0 Å². The predicted molar refractivity (Wildman–Crippen MR) is 358 cm³/mol. The first-order chi connectivity index (χ1) is 33.3. The van der Waals surface area contributed by atoms with Crippen LogP contribution in [0.5, 0.6) is 0 Å². The summed E-state index contributed by atoms with van der Waals surface area (Å²) in [5.41, 5.74) is 0. The van der Waals surface area contributed by atoms with Gasteiger partial charge in [-0.1, -0.05) is 377 Å². The number of hydrogen-bond donors (Lipinski definition) is 0. The van der Waals surface area contributed by atoms with E-state index in [1.54, 1.807) is 0 Å². The van der Waals surface area contributed by atoms with E-state index in [2.05, 4.69) is 69.2 Å². The van der Waals surface area contributed by atoms with E-state index in [1.807, 2.05) is 0 Å². The van der Waals surface area contributed by atoms with Gasteiger partial charge in [0.1, 0.15) is 0 Å². The Hall–Kier alpha value is 9.78. The monoisotopic (exact) mass is 1280 g/mol. The van der Waals surface area contributed by atoms with E-state index in [0.29, 0.717) is 0 Å². The molecule has 7 rings (SSSR count). The largest absolute Gasteiger partial charge is 1.00 e. The van der Waals surface area contributed by atoms with E-state index >= 15 is 0 Å². The summed E-state index contributed by atoms with van der Waals surface area (Å²) in [6, 6.07) is 0. The van der Waals surface area contributed by atoms with Crippen LogP contribution >= 0.6 is 0 Å². The van der Waals surface area contributed by atoms with Gasteiger partial charge in [-0.2, -0.15) is 0 Å². The maximum atomic E-state index is 2.43. The first kappa shape index (κ1) is 125. The standard InChI is InChI=1S/C11H22.4C10H20.C9H18.C8H16.7CH3.5K.Li.Na/c1-2-3-4-5-8-11-9-6-7-10-11;3*1-3-6-9(2)10-7-4-5-8-10;1-2-3-4-7-10-8-5-6-9-10;1-2-3-6-9-7-4-5-8-9;1-2-5-8-6-3-4-7-8;;;;;;;;;;;;;;/h11H,2-10H2,1H3;3*9-10H,3-8H2,1-2H3;10H,2-9H2,1H3;9H,2-8H2,1H3;8H,2-7H2,1H3;7*1H3;;;;;;;/q;;;;;;;7*-1;7*+1. The second-order valence-electron chi connectivity index (χ2n) is 25.3.